The zero-order chi connectivity index (χ0) is 16.9. The van der Waals surface area contributed by atoms with Gasteiger partial charge in [0, 0.05) is 11.9 Å². The Morgan fingerprint density at radius 3 is 2.75 bits per heavy atom. The number of benzene rings is 1. The van der Waals surface area contributed by atoms with Gasteiger partial charge in [-0.05, 0) is 67.7 Å². The van der Waals surface area contributed by atoms with E-state index in [1.165, 1.54) is 37.5 Å². The van der Waals surface area contributed by atoms with Crippen LogP contribution in [-0.4, -0.2) is 17.6 Å². The lowest BCUT2D eigenvalue weighted by molar-refractivity contribution is 0.0778. The third-order valence-electron chi connectivity index (χ3n) is 5.77. The van der Waals surface area contributed by atoms with Crippen LogP contribution in [0.5, 0.6) is 5.75 Å². The van der Waals surface area contributed by atoms with E-state index in [0.29, 0.717) is 23.1 Å². The average molecular weight is 327 g/mol. The Hall–Kier alpha value is -2.30. The molecule has 2 saturated carbocycles. The molecule has 0 bridgehead atoms. The van der Waals surface area contributed by atoms with E-state index in [0.717, 1.165) is 18.8 Å². The molecule has 126 valence electrons. The minimum atomic E-state index is -0.628. The Labute approximate surface area is 139 Å². The van der Waals surface area contributed by atoms with Gasteiger partial charge in [0.05, 0.1) is 0 Å². The number of fused-ring (bicyclic) bond motifs is 1. The molecule has 5 heteroatoms. The van der Waals surface area contributed by atoms with Gasteiger partial charge >= 0.3 is 5.63 Å². The minimum Gasteiger partial charge on any atom is -0.508 e. The van der Waals surface area contributed by atoms with Crippen molar-refractivity contribution in [3.05, 3.63) is 39.7 Å². The summed E-state index contributed by atoms with van der Waals surface area (Å²) in [6.07, 6.45) is 6.07. The van der Waals surface area contributed by atoms with Crippen molar-refractivity contribution in [1.29, 1.82) is 0 Å². The summed E-state index contributed by atoms with van der Waals surface area (Å²) in [6.45, 7) is 2.35. The highest BCUT2D eigenvalue weighted by molar-refractivity contribution is 5.99. The standard InChI is InChI=1S/C19H21NO4/c1-11-14-9-13(21)5-6-15(14)24-18(23)16(11)17(22)20-10-19(7-2-8-19)12-3-4-12/h5-6,9,12,21H,2-4,7-8,10H2,1H3,(H,20,22). The van der Waals surface area contributed by atoms with Crippen LogP contribution in [-0.2, 0) is 0 Å². The summed E-state index contributed by atoms with van der Waals surface area (Å²) in [5.74, 6) is 0.434. The lowest BCUT2D eigenvalue weighted by Crippen LogP contribution is -2.44. The number of rotatable bonds is 4. The van der Waals surface area contributed by atoms with Crippen LogP contribution in [0.2, 0.25) is 0 Å². The van der Waals surface area contributed by atoms with E-state index in [9.17, 15) is 14.7 Å². The van der Waals surface area contributed by atoms with Crippen molar-refractivity contribution in [3.63, 3.8) is 0 Å². The number of hydrogen-bond acceptors (Lipinski definition) is 4. The Balaban J connectivity index is 1.63. The van der Waals surface area contributed by atoms with E-state index >= 15 is 0 Å². The summed E-state index contributed by atoms with van der Waals surface area (Å²) in [5.41, 5.74) is 0.582. The van der Waals surface area contributed by atoms with Gasteiger partial charge in [0.1, 0.15) is 16.9 Å². The second kappa shape index (κ2) is 5.36. The third-order valence-corrected chi connectivity index (χ3v) is 5.77. The highest BCUT2D eigenvalue weighted by Crippen LogP contribution is 2.56. The van der Waals surface area contributed by atoms with Crippen LogP contribution in [0.4, 0.5) is 0 Å². The quantitative estimate of drug-likeness (QED) is 0.846. The summed E-state index contributed by atoms with van der Waals surface area (Å²) >= 11 is 0. The first kappa shape index (κ1) is 15.2. The number of aryl methyl sites for hydroxylation is 1. The topological polar surface area (TPSA) is 79.5 Å². The van der Waals surface area contributed by atoms with Gasteiger partial charge in [0.15, 0.2) is 0 Å². The van der Waals surface area contributed by atoms with Crippen LogP contribution < -0.4 is 10.9 Å². The number of carbonyl (C=O) groups is 1. The van der Waals surface area contributed by atoms with Crippen molar-refractivity contribution in [2.75, 3.05) is 6.54 Å². The van der Waals surface area contributed by atoms with Crippen LogP contribution in [0.25, 0.3) is 11.0 Å². The molecule has 2 aliphatic rings. The molecule has 1 aromatic carbocycles. The molecule has 0 atom stereocenters. The van der Waals surface area contributed by atoms with E-state index in [1.807, 2.05) is 0 Å². The van der Waals surface area contributed by atoms with Gasteiger partial charge in [0.25, 0.3) is 5.91 Å². The van der Waals surface area contributed by atoms with Gasteiger partial charge in [-0.25, -0.2) is 4.79 Å². The molecular weight excluding hydrogens is 306 g/mol. The number of hydrogen-bond donors (Lipinski definition) is 2. The summed E-state index contributed by atoms with van der Waals surface area (Å²) < 4.78 is 5.25. The maximum absolute atomic E-state index is 12.6. The van der Waals surface area contributed by atoms with Gasteiger partial charge < -0.3 is 14.8 Å². The fourth-order valence-electron chi connectivity index (χ4n) is 4.00. The maximum atomic E-state index is 12.6. The Kier molecular flexibility index (Phi) is 3.41. The van der Waals surface area contributed by atoms with Crippen molar-refractivity contribution in [2.24, 2.45) is 11.3 Å². The van der Waals surface area contributed by atoms with E-state index in [2.05, 4.69) is 5.32 Å². The zero-order valence-electron chi connectivity index (χ0n) is 13.7. The highest BCUT2D eigenvalue weighted by atomic mass is 16.4. The number of aromatic hydroxyl groups is 1. The Morgan fingerprint density at radius 2 is 2.12 bits per heavy atom. The lowest BCUT2D eigenvalue weighted by Gasteiger charge is -2.42. The second-order valence-electron chi connectivity index (χ2n) is 7.24. The molecule has 0 unspecified atom stereocenters. The van der Waals surface area contributed by atoms with Crippen LogP contribution in [0.3, 0.4) is 0 Å². The molecule has 4 rings (SSSR count). The molecule has 0 radical (unpaired) electrons. The van der Waals surface area contributed by atoms with E-state index in [1.54, 1.807) is 6.92 Å². The molecule has 1 aromatic heterocycles. The van der Waals surface area contributed by atoms with Gasteiger partial charge in [-0.15, -0.1) is 0 Å². The minimum absolute atomic E-state index is 0.0402. The van der Waals surface area contributed by atoms with Crippen LogP contribution in [0, 0.1) is 18.3 Å². The first-order valence-corrected chi connectivity index (χ1v) is 8.55. The molecule has 2 fully saturated rings. The lowest BCUT2D eigenvalue weighted by atomic mass is 9.65. The van der Waals surface area contributed by atoms with E-state index in [4.69, 9.17) is 4.42 Å². The van der Waals surface area contributed by atoms with Gasteiger partial charge in [-0.1, -0.05) is 6.42 Å². The molecule has 0 spiro atoms. The molecule has 0 aliphatic heterocycles. The second-order valence-corrected chi connectivity index (χ2v) is 7.24. The molecule has 5 nitrogen and oxygen atoms in total. The van der Waals surface area contributed by atoms with Crippen LogP contribution in [0.1, 0.15) is 48.0 Å². The molecule has 2 N–H and O–H groups in total. The van der Waals surface area contributed by atoms with Gasteiger partial charge in [-0.2, -0.15) is 0 Å². The van der Waals surface area contributed by atoms with Crippen molar-refractivity contribution in [1.82, 2.24) is 5.32 Å². The maximum Gasteiger partial charge on any atom is 0.349 e. The van der Waals surface area contributed by atoms with Gasteiger partial charge in [0.2, 0.25) is 0 Å². The third kappa shape index (κ3) is 2.39. The Bertz CT molecular complexity index is 875. The fraction of sp³-hybridized carbons (Fsp3) is 0.474. The first-order chi connectivity index (χ1) is 11.5. The summed E-state index contributed by atoms with van der Waals surface area (Å²) in [7, 11) is 0. The normalized spacial score (nSPS) is 19.0. The SMILES string of the molecule is Cc1c(C(=O)NCC2(C3CC3)CCC2)c(=O)oc2ccc(O)cc12. The number of carbonyl (C=O) groups excluding carboxylic acids is 1. The number of phenolic OH excluding ortho intramolecular Hbond substituents is 1. The zero-order valence-corrected chi connectivity index (χ0v) is 13.7. The molecule has 0 saturated heterocycles. The largest absolute Gasteiger partial charge is 0.508 e. The summed E-state index contributed by atoms with van der Waals surface area (Å²) in [6, 6.07) is 4.51. The van der Waals surface area contributed by atoms with Crippen molar-refractivity contribution < 1.29 is 14.3 Å². The van der Waals surface area contributed by atoms with Crippen molar-refractivity contribution in [2.45, 2.75) is 39.0 Å². The molecular formula is C19H21NO4. The molecule has 2 aliphatic carbocycles. The fourth-order valence-corrected chi connectivity index (χ4v) is 4.00. The van der Waals surface area contributed by atoms with Crippen molar-refractivity contribution in [3.8, 4) is 5.75 Å². The average Bonchev–Trinajstić information content (AvgIpc) is 3.32. The number of nitrogens with one attached hydrogen (secondary N) is 1. The van der Waals surface area contributed by atoms with Gasteiger partial charge in [-0.3, -0.25) is 4.79 Å². The van der Waals surface area contributed by atoms with Crippen LogP contribution >= 0.6 is 0 Å². The van der Waals surface area contributed by atoms with Crippen LogP contribution in [0.15, 0.2) is 27.4 Å². The van der Waals surface area contributed by atoms with E-state index < -0.39 is 5.63 Å². The predicted octanol–water partition coefficient (Wildman–Crippen LogP) is 3.12. The number of amides is 1. The first-order valence-electron chi connectivity index (χ1n) is 8.55. The molecule has 2 aromatic rings. The molecule has 1 heterocycles. The van der Waals surface area contributed by atoms with E-state index in [-0.39, 0.29) is 22.6 Å². The molecule has 1 amide bonds. The summed E-state index contributed by atoms with van der Waals surface area (Å²) in [4.78, 5) is 24.9. The Morgan fingerprint density at radius 1 is 1.38 bits per heavy atom. The summed E-state index contributed by atoms with van der Waals surface area (Å²) in [5, 5.41) is 13.2. The highest BCUT2D eigenvalue weighted by Gasteiger charge is 2.49. The number of phenols is 1. The smallest absolute Gasteiger partial charge is 0.349 e. The molecule has 24 heavy (non-hydrogen) atoms. The monoisotopic (exact) mass is 327 g/mol. The van der Waals surface area contributed by atoms with Crippen molar-refractivity contribution >= 4 is 16.9 Å². The predicted molar refractivity (Wildman–Crippen MR) is 90.2 cm³/mol.